The molecule has 1 amide bonds. The van der Waals surface area contributed by atoms with Crippen LogP contribution in [-0.4, -0.2) is 35.3 Å². The first-order chi connectivity index (χ1) is 11.0. The highest BCUT2D eigenvalue weighted by molar-refractivity contribution is 9.10. The third-order valence-corrected chi connectivity index (χ3v) is 5.57. The van der Waals surface area contributed by atoms with Gasteiger partial charge in [0.1, 0.15) is 11.5 Å². The van der Waals surface area contributed by atoms with Gasteiger partial charge >= 0.3 is 0 Å². The van der Waals surface area contributed by atoms with E-state index in [4.69, 9.17) is 4.42 Å². The molecule has 2 aromatic heterocycles. The number of thiophene rings is 1. The van der Waals surface area contributed by atoms with Gasteiger partial charge in [0.05, 0.1) is 13.1 Å². The van der Waals surface area contributed by atoms with Crippen LogP contribution < -0.4 is 0 Å². The normalized spacial score (nSPS) is 14.4. The van der Waals surface area contributed by atoms with E-state index in [0.29, 0.717) is 19.1 Å². The van der Waals surface area contributed by atoms with Gasteiger partial charge in [0.15, 0.2) is 0 Å². The monoisotopic (exact) mass is 396 g/mol. The molecule has 0 aromatic carbocycles. The van der Waals surface area contributed by atoms with Gasteiger partial charge in [0.25, 0.3) is 0 Å². The van der Waals surface area contributed by atoms with Crippen molar-refractivity contribution < 1.29 is 9.21 Å². The Morgan fingerprint density at radius 3 is 2.74 bits per heavy atom. The maximum Gasteiger partial charge on any atom is 0.237 e. The van der Waals surface area contributed by atoms with E-state index in [1.165, 1.54) is 4.88 Å². The number of likely N-dealkylation sites (N-methyl/N-ethyl adjacent to an activating group) is 1. The molecule has 0 spiro atoms. The molecule has 0 atom stereocenters. The molecule has 0 aliphatic heterocycles. The first-order valence-electron chi connectivity index (χ1n) is 7.77. The van der Waals surface area contributed by atoms with Crippen LogP contribution in [0.3, 0.4) is 0 Å². The van der Waals surface area contributed by atoms with Crippen molar-refractivity contribution >= 4 is 33.2 Å². The molecule has 23 heavy (non-hydrogen) atoms. The van der Waals surface area contributed by atoms with Crippen molar-refractivity contribution in [2.24, 2.45) is 0 Å². The van der Waals surface area contributed by atoms with Crippen LogP contribution in [0.25, 0.3) is 0 Å². The van der Waals surface area contributed by atoms with E-state index in [1.54, 1.807) is 11.3 Å². The van der Waals surface area contributed by atoms with Gasteiger partial charge in [-0.2, -0.15) is 0 Å². The van der Waals surface area contributed by atoms with Gasteiger partial charge in [0.2, 0.25) is 5.91 Å². The minimum absolute atomic E-state index is 0.180. The smallest absolute Gasteiger partial charge is 0.237 e. The SMILES string of the molecule is Cc1ccc(CN(C(=O)CN(C)Cc2cc(Br)cs2)C2CC2)o1. The maximum atomic E-state index is 12.7. The van der Waals surface area contributed by atoms with Gasteiger partial charge in [-0.05, 0) is 60.9 Å². The van der Waals surface area contributed by atoms with Crippen molar-refractivity contribution in [1.82, 2.24) is 9.80 Å². The summed E-state index contributed by atoms with van der Waals surface area (Å²) in [6, 6.07) is 6.41. The fourth-order valence-corrected chi connectivity index (χ4v) is 4.16. The summed E-state index contributed by atoms with van der Waals surface area (Å²) in [4.78, 5) is 18.0. The Balaban J connectivity index is 1.57. The van der Waals surface area contributed by atoms with Crippen LogP contribution in [-0.2, 0) is 17.9 Å². The van der Waals surface area contributed by atoms with Gasteiger partial charge in [-0.25, -0.2) is 0 Å². The maximum absolute atomic E-state index is 12.7. The number of aryl methyl sites for hydroxylation is 1. The molecule has 6 heteroatoms. The average molecular weight is 397 g/mol. The van der Waals surface area contributed by atoms with Gasteiger partial charge < -0.3 is 9.32 Å². The topological polar surface area (TPSA) is 36.7 Å². The lowest BCUT2D eigenvalue weighted by molar-refractivity contribution is -0.133. The van der Waals surface area contributed by atoms with Gasteiger partial charge in [-0.15, -0.1) is 11.3 Å². The van der Waals surface area contributed by atoms with E-state index in [9.17, 15) is 4.79 Å². The molecule has 4 nitrogen and oxygen atoms in total. The second-order valence-electron chi connectivity index (χ2n) is 6.17. The van der Waals surface area contributed by atoms with E-state index in [1.807, 2.05) is 31.0 Å². The van der Waals surface area contributed by atoms with E-state index >= 15 is 0 Å². The van der Waals surface area contributed by atoms with Gasteiger partial charge in [0, 0.05) is 27.3 Å². The summed E-state index contributed by atoms with van der Waals surface area (Å²) in [5, 5.41) is 2.07. The Morgan fingerprint density at radius 2 is 2.17 bits per heavy atom. The third kappa shape index (κ3) is 4.68. The number of hydrogen-bond donors (Lipinski definition) is 0. The number of nitrogens with zero attached hydrogens (tertiary/aromatic N) is 2. The Hall–Kier alpha value is -1.11. The van der Waals surface area contributed by atoms with Crippen LogP contribution in [0, 0.1) is 6.92 Å². The van der Waals surface area contributed by atoms with Gasteiger partial charge in [-0.3, -0.25) is 9.69 Å². The first kappa shape index (κ1) is 16.7. The molecule has 2 aromatic rings. The zero-order chi connectivity index (χ0) is 16.4. The molecule has 1 fully saturated rings. The number of furan rings is 1. The molecule has 1 aliphatic rings. The summed E-state index contributed by atoms with van der Waals surface area (Å²) in [5.74, 6) is 1.94. The standard InChI is InChI=1S/C17H21BrN2O2S/c1-12-3-6-15(22-12)8-20(14-4-5-14)17(21)10-19(2)9-16-7-13(18)11-23-16/h3,6-7,11,14H,4-5,8-10H2,1-2H3. The molecule has 1 saturated carbocycles. The second-order valence-corrected chi connectivity index (χ2v) is 8.08. The van der Waals surface area contributed by atoms with Crippen molar-refractivity contribution in [2.45, 2.75) is 38.9 Å². The predicted octanol–water partition coefficient (Wildman–Crippen LogP) is 4.04. The Kier molecular flexibility index (Phi) is 5.24. The van der Waals surface area contributed by atoms with E-state index < -0.39 is 0 Å². The highest BCUT2D eigenvalue weighted by Crippen LogP contribution is 2.29. The van der Waals surface area contributed by atoms with Crippen LogP contribution in [0.4, 0.5) is 0 Å². The summed E-state index contributed by atoms with van der Waals surface area (Å²) >= 11 is 5.18. The summed E-state index contributed by atoms with van der Waals surface area (Å²) in [6.45, 7) is 3.74. The quantitative estimate of drug-likeness (QED) is 0.708. The molecule has 1 aliphatic carbocycles. The molecule has 0 unspecified atom stereocenters. The Labute approximate surface area is 149 Å². The van der Waals surface area contributed by atoms with Gasteiger partial charge in [-0.1, -0.05) is 0 Å². The first-order valence-corrected chi connectivity index (χ1v) is 9.45. The molecule has 0 radical (unpaired) electrons. The average Bonchev–Trinajstić information content (AvgIpc) is 3.12. The molecule has 3 rings (SSSR count). The van der Waals surface area contributed by atoms with Crippen LogP contribution in [0.15, 0.2) is 32.5 Å². The van der Waals surface area contributed by atoms with Crippen molar-refractivity contribution in [3.8, 4) is 0 Å². The number of carbonyl (C=O) groups excluding carboxylic acids is 1. The molecule has 0 bridgehead atoms. The van der Waals surface area contributed by atoms with Crippen LogP contribution >= 0.6 is 27.3 Å². The van der Waals surface area contributed by atoms with Crippen molar-refractivity contribution in [2.75, 3.05) is 13.6 Å². The summed E-state index contributed by atoms with van der Waals surface area (Å²) in [5.41, 5.74) is 0. The number of hydrogen-bond acceptors (Lipinski definition) is 4. The van der Waals surface area contributed by atoms with Crippen molar-refractivity contribution in [3.05, 3.63) is 44.4 Å². The zero-order valence-corrected chi connectivity index (χ0v) is 15.8. The fourth-order valence-electron chi connectivity index (χ4n) is 2.63. The molecule has 0 N–H and O–H groups in total. The van der Waals surface area contributed by atoms with Crippen LogP contribution in [0.5, 0.6) is 0 Å². The predicted molar refractivity (Wildman–Crippen MR) is 95.4 cm³/mol. The molecular formula is C17H21BrN2O2S. The number of halogens is 1. The van der Waals surface area contributed by atoms with Crippen LogP contribution in [0.2, 0.25) is 0 Å². The summed E-state index contributed by atoms with van der Waals surface area (Å²) < 4.78 is 6.74. The van der Waals surface area contributed by atoms with E-state index in [-0.39, 0.29) is 5.91 Å². The minimum atomic E-state index is 0.180. The van der Waals surface area contributed by atoms with E-state index in [2.05, 4.69) is 32.3 Å². The van der Waals surface area contributed by atoms with Crippen molar-refractivity contribution in [1.29, 1.82) is 0 Å². The lowest BCUT2D eigenvalue weighted by Crippen LogP contribution is -2.39. The lowest BCUT2D eigenvalue weighted by atomic mass is 10.3. The molecular weight excluding hydrogens is 376 g/mol. The zero-order valence-electron chi connectivity index (χ0n) is 13.4. The Bertz CT molecular complexity index is 678. The Morgan fingerprint density at radius 1 is 1.39 bits per heavy atom. The largest absolute Gasteiger partial charge is 0.464 e. The van der Waals surface area contributed by atoms with E-state index in [0.717, 1.165) is 35.4 Å². The lowest BCUT2D eigenvalue weighted by Gasteiger charge is -2.24. The van der Waals surface area contributed by atoms with Crippen LogP contribution in [0.1, 0.15) is 29.2 Å². The minimum Gasteiger partial charge on any atom is -0.464 e. The number of rotatable bonds is 7. The molecule has 0 saturated heterocycles. The third-order valence-electron chi connectivity index (χ3n) is 3.88. The summed E-state index contributed by atoms with van der Waals surface area (Å²) in [6.07, 6.45) is 2.21. The number of amides is 1. The molecule has 124 valence electrons. The highest BCUT2D eigenvalue weighted by atomic mass is 79.9. The number of carbonyl (C=O) groups is 1. The molecule has 2 heterocycles. The fraction of sp³-hybridized carbons (Fsp3) is 0.471. The highest BCUT2D eigenvalue weighted by Gasteiger charge is 2.33. The summed E-state index contributed by atoms with van der Waals surface area (Å²) in [7, 11) is 1.99. The second kappa shape index (κ2) is 7.20. The van der Waals surface area contributed by atoms with Crippen molar-refractivity contribution in [3.63, 3.8) is 0 Å².